The van der Waals surface area contributed by atoms with Crippen molar-refractivity contribution < 1.29 is 67.3 Å². The minimum absolute atomic E-state index is 0. The van der Waals surface area contributed by atoms with Crippen molar-refractivity contribution in [1.82, 2.24) is 0 Å². The van der Waals surface area contributed by atoms with Crippen LogP contribution in [0, 0.1) is 17.3 Å². The summed E-state index contributed by atoms with van der Waals surface area (Å²) >= 11 is 0. The van der Waals surface area contributed by atoms with E-state index in [0.29, 0.717) is 13.0 Å². The van der Waals surface area contributed by atoms with E-state index in [0.717, 1.165) is 24.0 Å². The number of esters is 1. The summed E-state index contributed by atoms with van der Waals surface area (Å²) in [6.45, 7) is 6.62. The van der Waals surface area contributed by atoms with Gasteiger partial charge in [0.15, 0.2) is 11.7 Å². The summed E-state index contributed by atoms with van der Waals surface area (Å²) in [4.78, 5) is 23.8. The Hall–Kier alpha value is 0.110. The maximum atomic E-state index is 12.2. The molecule has 10 heteroatoms. The van der Waals surface area contributed by atoms with Gasteiger partial charge in [0.2, 0.25) is 0 Å². The molecule has 0 aromatic rings. The van der Waals surface area contributed by atoms with Crippen LogP contribution in [0.15, 0.2) is 11.1 Å². The van der Waals surface area contributed by atoms with Crippen LogP contribution in [0.5, 0.6) is 0 Å². The molecule has 3 saturated heterocycles. The number of ether oxygens (including phenoxy) is 4. The number of epoxide rings is 3. The van der Waals surface area contributed by atoms with E-state index in [4.69, 9.17) is 23.5 Å². The maximum Gasteiger partial charge on any atom is 1.00 e. The van der Waals surface area contributed by atoms with Crippen molar-refractivity contribution in [3.63, 3.8) is 0 Å². The molecule has 4 aliphatic heterocycles. The molecule has 2 saturated carbocycles. The van der Waals surface area contributed by atoms with Crippen LogP contribution in [0.4, 0.5) is 0 Å². The first-order valence-corrected chi connectivity index (χ1v) is 11.6. The molecule has 0 aromatic carbocycles. The number of hydrogen-bond acceptors (Lipinski definition) is 8. The van der Waals surface area contributed by atoms with Crippen molar-refractivity contribution >= 4 is 14.2 Å². The Morgan fingerprint density at radius 2 is 2.00 bits per heavy atom. The average molecular weight is 445 g/mol. The van der Waals surface area contributed by atoms with E-state index in [1.807, 2.05) is 13.8 Å². The third-order valence-corrected chi connectivity index (χ3v) is 9.64. The van der Waals surface area contributed by atoms with E-state index in [9.17, 15) is 14.3 Å². The molecule has 7 aliphatic rings. The molecule has 30 heavy (non-hydrogen) atoms. The van der Waals surface area contributed by atoms with Gasteiger partial charge in [-0.25, -0.2) is 4.79 Å². The Kier molecular flexibility index (Phi) is 3.98. The summed E-state index contributed by atoms with van der Waals surface area (Å²) in [5.74, 6) is -0.00450. The van der Waals surface area contributed by atoms with Crippen molar-refractivity contribution in [2.45, 2.75) is 81.3 Å². The largest absolute Gasteiger partial charge is 1.00 e. The monoisotopic (exact) mass is 445 g/mol. The fourth-order valence-corrected chi connectivity index (χ4v) is 8.40. The summed E-state index contributed by atoms with van der Waals surface area (Å²) < 4.78 is 41.8. The molecular weight excluding hydrogens is 422 g/mol. The number of carbonyl (C=O) groups excluding carboxylic acids is 1. The van der Waals surface area contributed by atoms with Gasteiger partial charge >= 0.3 is 43.8 Å². The summed E-state index contributed by atoms with van der Waals surface area (Å²) in [5, 5.41) is 0. The van der Waals surface area contributed by atoms with Crippen LogP contribution in [0.3, 0.4) is 0 Å². The molecular formula is C20H23NaO8P+. The van der Waals surface area contributed by atoms with Gasteiger partial charge in [-0.05, 0) is 41.2 Å². The SMILES string of the molecule is CC(C)[C@]12O[C@H]1C1O[C@]13[C@]1(O[C@H]1C[C@H]1C4=C(CC[C@@]13C)C(=O)OC4)[C@@H]2O[P+](=O)[O-].[Na+]. The van der Waals surface area contributed by atoms with Crippen LogP contribution < -0.4 is 34.5 Å². The standard InChI is InChI=1S/C20H23O8P.Na/c1-8(2)18-13(26-18)14-20(27-14)17(3)5-4-9-10(7-24-15(9)21)11(17)6-12-19(20,25-12)16(18)28-29(22)23;/h8,11-14,16H,4-7H2,1-3H3;/q;+1/t11-,12-,13-,14?,16+,17-,18-,19+,20+;/m0./s1. The minimum atomic E-state index is -3.06. The van der Waals surface area contributed by atoms with Gasteiger partial charge in [0.25, 0.3) is 0 Å². The van der Waals surface area contributed by atoms with Crippen molar-refractivity contribution in [3.05, 3.63) is 11.1 Å². The molecule has 5 fully saturated rings. The van der Waals surface area contributed by atoms with Crippen molar-refractivity contribution in [2.24, 2.45) is 17.3 Å². The van der Waals surface area contributed by atoms with Crippen molar-refractivity contribution in [1.29, 1.82) is 0 Å². The minimum Gasteiger partial charge on any atom is -0.566 e. The summed E-state index contributed by atoms with van der Waals surface area (Å²) in [6.07, 6.45) is 0.948. The normalized spacial score (nSPS) is 56.4. The fraction of sp³-hybridized carbons (Fsp3) is 0.850. The predicted octanol–water partition coefficient (Wildman–Crippen LogP) is -1.85. The van der Waals surface area contributed by atoms with Crippen molar-refractivity contribution in [2.75, 3.05) is 6.61 Å². The van der Waals surface area contributed by atoms with Gasteiger partial charge < -0.3 is 23.8 Å². The molecule has 0 N–H and O–H groups in total. The first kappa shape index (κ1) is 20.7. The number of carbonyl (C=O) groups is 1. The zero-order chi connectivity index (χ0) is 20.1. The van der Waals surface area contributed by atoms with Crippen LogP contribution >= 0.6 is 8.25 Å². The molecule has 3 aliphatic carbocycles. The fourth-order valence-electron chi connectivity index (χ4n) is 7.91. The number of hydrogen-bond donors (Lipinski definition) is 0. The Bertz CT molecular complexity index is 938. The van der Waals surface area contributed by atoms with Gasteiger partial charge in [0.1, 0.15) is 30.0 Å². The van der Waals surface area contributed by atoms with Gasteiger partial charge in [-0.2, -0.15) is 0 Å². The van der Waals surface area contributed by atoms with Crippen LogP contribution in [0.1, 0.15) is 40.0 Å². The topological polar surface area (TPSA) is 113 Å². The van der Waals surface area contributed by atoms with E-state index in [-0.39, 0.29) is 71.1 Å². The second kappa shape index (κ2) is 5.78. The van der Waals surface area contributed by atoms with Crippen molar-refractivity contribution in [3.8, 4) is 0 Å². The smallest absolute Gasteiger partial charge is 0.566 e. The van der Waals surface area contributed by atoms with Crippen LogP contribution in [0.2, 0.25) is 0 Å². The average Bonchev–Trinajstić information content (AvgIpc) is 3.53. The maximum absolute atomic E-state index is 12.2. The van der Waals surface area contributed by atoms with E-state index in [1.54, 1.807) is 0 Å². The van der Waals surface area contributed by atoms with E-state index in [1.165, 1.54) is 0 Å². The molecule has 0 bridgehead atoms. The van der Waals surface area contributed by atoms with Crippen LogP contribution in [-0.4, -0.2) is 53.8 Å². The van der Waals surface area contributed by atoms with Gasteiger partial charge in [-0.1, -0.05) is 20.8 Å². The first-order chi connectivity index (χ1) is 13.7. The van der Waals surface area contributed by atoms with Gasteiger partial charge in [-0.15, -0.1) is 4.52 Å². The zero-order valence-electron chi connectivity index (χ0n) is 17.5. The zero-order valence-corrected chi connectivity index (χ0v) is 20.4. The predicted molar refractivity (Wildman–Crippen MR) is 93.6 cm³/mol. The third kappa shape index (κ3) is 1.91. The molecule has 7 rings (SSSR count). The second-order valence-corrected chi connectivity index (χ2v) is 10.9. The number of cyclic esters (lactones) is 1. The molecule has 0 amide bonds. The quantitative estimate of drug-likeness (QED) is 0.215. The Morgan fingerprint density at radius 1 is 1.23 bits per heavy atom. The van der Waals surface area contributed by atoms with Crippen LogP contribution in [0.25, 0.3) is 0 Å². The van der Waals surface area contributed by atoms with Gasteiger partial charge in [0.05, 0.1) is 6.10 Å². The second-order valence-electron chi connectivity index (χ2n) is 10.2. The molecule has 2 spiro atoms. The molecule has 8 nitrogen and oxygen atoms in total. The third-order valence-electron chi connectivity index (χ3n) is 9.26. The summed E-state index contributed by atoms with van der Waals surface area (Å²) in [7, 11) is -3.06. The Labute approximate surface area is 197 Å². The molecule has 2 unspecified atom stereocenters. The molecule has 0 radical (unpaired) electrons. The Balaban J connectivity index is 0.00000175. The van der Waals surface area contributed by atoms with E-state index in [2.05, 4.69) is 6.92 Å². The van der Waals surface area contributed by atoms with Gasteiger partial charge in [-0.3, -0.25) is 0 Å². The summed E-state index contributed by atoms with van der Waals surface area (Å²) in [6, 6.07) is 0. The van der Waals surface area contributed by atoms with E-state index < -0.39 is 31.2 Å². The molecule has 10 atom stereocenters. The van der Waals surface area contributed by atoms with Gasteiger partial charge in [0, 0.05) is 11.0 Å². The molecule has 4 heterocycles. The Morgan fingerprint density at radius 3 is 2.70 bits per heavy atom. The number of fused-ring (bicyclic) bond motifs is 4. The first-order valence-electron chi connectivity index (χ1n) is 10.5. The molecule has 156 valence electrons. The van der Waals surface area contributed by atoms with E-state index >= 15 is 0 Å². The number of rotatable bonds is 3. The molecule has 0 aromatic heterocycles. The van der Waals surface area contributed by atoms with Crippen LogP contribution in [-0.2, 0) is 32.8 Å². The summed E-state index contributed by atoms with van der Waals surface area (Å²) in [5.41, 5.74) is -0.530.